The molecule has 0 amide bonds. The highest BCUT2D eigenvalue weighted by molar-refractivity contribution is 5.77. The van der Waals surface area contributed by atoms with Crippen LogP contribution in [0.25, 0.3) is 0 Å². The summed E-state index contributed by atoms with van der Waals surface area (Å²) in [6.45, 7) is 25.4. The van der Waals surface area contributed by atoms with E-state index in [2.05, 4.69) is 69.2 Å². The summed E-state index contributed by atoms with van der Waals surface area (Å²) >= 11 is 0. The van der Waals surface area contributed by atoms with Gasteiger partial charge in [0, 0.05) is 0 Å². The van der Waals surface area contributed by atoms with Gasteiger partial charge in [0.2, 0.25) is 0 Å². The molecule has 0 aromatic carbocycles. The van der Waals surface area contributed by atoms with Gasteiger partial charge in [0.05, 0.1) is 12.8 Å². The van der Waals surface area contributed by atoms with E-state index in [0.29, 0.717) is 33.5 Å². The first-order valence-electron chi connectivity index (χ1n) is 27.8. The molecule has 0 aromatic rings. The number of ether oxygens (including phenoxy) is 2. The number of esters is 2. The largest absolute Gasteiger partial charge is 0.462 e. The predicted octanol–water partition coefficient (Wildman–Crippen LogP) is 15.8. The summed E-state index contributed by atoms with van der Waals surface area (Å²) < 4.78 is 12.4. The molecular formula is C58H98O4. The maximum atomic E-state index is 13.3. The molecule has 8 aliphatic carbocycles. The van der Waals surface area contributed by atoms with E-state index in [1.807, 2.05) is 0 Å². The first kappa shape index (κ1) is 47.4. The van der Waals surface area contributed by atoms with Crippen LogP contribution in [0.1, 0.15) is 236 Å². The minimum absolute atomic E-state index is 0.0154. The average molecular weight is 859 g/mol. The van der Waals surface area contributed by atoms with Gasteiger partial charge in [0.25, 0.3) is 0 Å². The van der Waals surface area contributed by atoms with Gasteiger partial charge in [-0.2, -0.15) is 0 Å². The van der Waals surface area contributed by atoms with Gasteiger partial charge < -0.3 is 9.47 Å². The fraction of sp³-hybridized carbons (Fsp3) is 0.966. The highest BCUT2D eigenvalue weighted by Gasteiger charge is 2.62. The Morgan fingerprint density at radius 2 is 0.823 bits per heavy atom. The maximum Gasteiger partial charge on any atom is 0.306 e. The molecule has 8 rings (SSSR count). The van der Waals surface area contributed by atoms with Gasteiger partial charge >= 0.3 is 11.9 Å². The van der Waals surface area contributed by atoms with Crippen molar-refractivity contribution in [3.8, 4) is 0 Å². The van der Waals surface area contributed by atoms with E-state index in [4.69, 9.17) is 9.47 Å². The van der Waals surface area contributed by atoms with Gasteiger partial charge in [-0.25, -0.2) is 0 Å². The van der Waals surface area contributed by atoms with Crippen molar-refractivity contribution in [2.75, 3.05) is 0 Å². The van der Waals surface area contributed by atoms with Crippen LogP contribution in [0, 0.1) is 105 Å². The van der Waals surface area contributed by atoms with Gasteiger partial charge in [-0.15, -0.1) is 0 Å². The van der Waals surface area contributed by atoms with E-state index in [0.717, 1.165) is 96.7 Å². The van der Waals surface area contributed by atoms with Crippen LogP contribution in [0.15, 0.2) is 0 Å². The normalized spacial score (nSPS) is 45.8. The highest BCUT2D eigenvalue weighted by atomic mass is 16.6. The molecule has 4 heteroatoms. The standard InChI is InChI=1S/C58H98O4/c1-37(2)13-11-15-39(5)47-21-23-49-45-19-17-41-35-43(27-31-55(41,7)51(45)29-33-57(47,49)9)61-53(59)25-26-54(60)62-44-28-32-56(8)42(36-44)18-20-46-50-24-22-48(40(6)16-12-14-38(3)4)58(50,10)34-30-52(46)56/h37-52H,11-36H2,1-10H3/t39-,40-,41?,42?,43+,44+,45+,46+,47-,48-,49+,50+,51+,52+,55+,56+,57-,58-/m1/s1. The molecule has 0 bridgehead atoms. The summed E-state index contributed by atoms with van der Waals surface area (Å²) in [6.07, 6.45) is 32.0. The van der Waals surface area contributed by atoms with Gasteiger partial charge in [0.15, 0.2) is 0 Å². The van der Waals surface area contributed by atoms with Crippen molar-refractivity contribution in [3.05, 3.63) is 0 Å². The quantitative estimate of drug-likeness (QED) is 0.154. The summed E-state index contributed by atoms with van der Waals surface area (Å²) in [5, 5.41) is 0. The number of hydrogen-bond acceptors (Lipinski definition) is 4. The van der Waals surface area contributed by atoms with Crippen molar-refractivity contribution < 1.29 is 19.1 Å². The van der Waals surface area contributed by atoms with Crippen molar-refractivity contribution in [2.24, 2.45) is 105 Å². The zero-order valence-corrected chi connectivity index (χ0v) is 42.3. The fourth-order valence-corrected chi connectivity index (χ4v) is 19.4. The van der Waals surface area contributed by atoms with Crippen LogP contribution >= 0.6 is 0 Å². The Bertz CT molecular complexity index is 1420. The lowest BCUT2D eigenvalue weighted by Gasteiger charge is -2.61. The number of hydrogen-bond donors (Lipinski definition) is 0. The van der Waals surface area contributed by atoms with Crippen LogP contribution < -0.4 is 0 Å². The Labute approximate surface area is 382 Å². The number of fused-ring (bicyclic) bond motifs is 10. The molecule has 0 aromatic heterocycles. The monoisotopic (exact) mass is 859 g/mol. The van der Waals surface area contributed by atoms with E-state index in [1.165, 1.54) is 128 Å². The fourth-order valence-electron chi connectivity index (χ4n) is 19.4. The lowest BCUT2D eigenvalue weighted by Crippen LogP contribution is -2.54. The second-order valence-corrected chi connectivity index (χ2v) is 26.6. The molecule has 0 N–H and O–H groups in total. The molecule has 62 heavy (non-hydrogen) atoms. The Morgan fingerprint density at radius 1 is 0.452 bits per heavy atom. The van der Waals surface area contributed by atoms with E-state index in [9.17, 15) is 9.59 Å². The van der Waals surface area contributed by atoms with Crippen molar-refractivity contribution in [2.45, 2.75) is 248 Å². The molecular weight excluding hydrogens is 761 g/mol. The molecule has 8 fully saturated rings. The maximum absolute atomic E-state index is 13.3. The van der Waals surface area contributed by atoms with Crippen molar-refractivity contribution >= 4 is 11.9 Å². The molecule has 4 nitrogen and oxygen atoms in total. The first-order valence-corrected chi connectivity index (χ1v) is 27.8. The summed E-state index contributed by atoms with van der Waals surface area (Å²) in [6, 6.07) is 0. The van der Waals surface area contributed by atoms with Gasteiger partial charge in [-0.05, 0) is 220 Å². The Kier molecular flexibility index (Phi) is 14.5. The smallest absolute Gasteiger partial charge is 0.306 e. The zero-order chi connectivity index (χ0) is 44.2. The highest BCUT2D eigenvalue weighted by Crippen LogP contribution is 2.70. The van der Waals surface area contributed by atoms with E-state index in [-0.39, 0.29) is 37.0 Å². The van der Waals surface area contributed by atoms with Crippen molar-refractivity contribution in [1.29, 1.82) is 0 Å². The second kappa shape index (κ2) is 18.9. The van der Waals surface area contributed by atoms with E-state index < -0.39 is 0 Å². The minimum atomic E-state index is -0.185. The number of carbonyl (C=O) groups is 2. The summed E-state index contributed by atoms with van der Waals surface area (Å²) in [4.78, 5) is 26.6. The molecule has 0 aliphatic heterocycles. The van der Waals surface area contributed by atoms with Gasteiger partial charge in [-0.1, -0.05) is 108 Å². The van der Waals surface area contributed by atoms with Gasteiger partial charge in [-0.3, -0.25) is 9.59 Å². The third-order valence-corrected chi connectivity index (χ3v) is 22.8. The first-order chi connectivity index (χ1) is 29.5. The lowest BCUT2D eigenvalue weighted by atomic mass is 9.44. The molecule has 0 spiro atoms. The van der Waals surface area contributed by atoms with Crippen LogP contribution in [-0.4, -0.2) is 24.1 Å². The van der Waals surface area contributed by atoms with Crippen LogP contribution in [-0.2, 0) is 19.1 Å². The van der Waals surface area contributed by atoms with Crippen LogP contribution in [0.3, 0.4) is 0 Å². The molecule has 0 radical (unpaired) electrons. The van der Waals surface area contributed by atoms with Gasteiger partial charge in [0.1, 0.15) is 12.2 Å². The average Bonchev–Trinajstić information content (AvgIpc) is 3.77. The van der Waals surface area contributed by atoms with E-state index in [1.54, 1.807) is 0 Å². The van der Waals surface area contributed by atoms with Crippen LogP contribution in [0.5, 0.6) is 0 Å². The lowest BCUT2D eigenvalue weighted by molar-refractivity contribution is -0.168. The number of rotatable bonds is 15. The SMILES string of the molecule is CC(C)CCC[C@@H](C)[C@H]1CC[C@H]2[C@@H]3CCC4C[C@@H](OC(=O)CCC(=O)O[C@H]5CC[C@@]6(C)C(CC[C@H]7[C@@H]8CC[C@H]([C@H](C)CCCC(C)C)[C@@]8(C)CC[C@@H]76)C5)CC[C@]4(C)[C@H]3CC[C@]12C. The van der Waals surface area contributed by atoms with E-state index >= 15 is 0 Å². The molecule has 8 saturated carbocycles. The van der Waals surface area contributed by atoms with Crippen molar-refractivity contribution in [3.63, 3.8) is 0 Å². The molecule has 0 heterocycles. The second-order valence-electron chi connectivity index (χ2n) is 26.6. The van der Waals surface area contributed by atoms with Crippen LogP contribution in [0.4, 0.5) is 0 Å². The summed E-state index contributed by atoms with van der Waals surface area (Å²) in [7, 11) is 0. The van der Waals surface area contributed by atoms with Crippen molar-refractivity contribution in [1.82, 2.24) is 0 Å². The Hall–Kier alpha value is -1.06. The summed E-state index contributed by atoms with van der Waals surface area (Å²) in [5.74, 6) is 11.4. The molecule has 0 saturated heterocycles. The zero-order valence-electron chi connectivity index (χ0n) is 42.3. The minimum Gasteiger partial charge on any atom is -0.462 e. The number of carbonyl (C=O) groups excluding carboxylic acids is 2. The Balaban J connectivity index is 0.764. The third-order valence-electron chi connectivity index (χ3n) is 22.8. The molecule has 2 unspecified atom stereocenters. The molecule has 8 aliphatic rings. The summed E-state index contributed by atoms with van der Waals surface area (Å²) in [5.41, 5.74) is 1.84. The Morgan fingerprint density at radius 3 is 1.21 bits per heavy atom. The molecule has 18 atom stereocenters. The van der Waals surface area contributed by atoms with Crippen LogP contribution in [0.2, 0.25) is 0 Å². The molecule has 354 valence electrons. The predicted molar refractivity (Wildman–Crippen MR) is 255 cm³/mol. The topological polar surface area (TPSA) is 52.6 Å². The third kappa shape index (κ3) is 9.04.